The van der Waals surface area contributed by atoms with Crippen molar-refractivity contribution in [3.05, 3.63) is 61.0 Å². The summed E-state index contributed by atoms with van der Waals surface area (Å²) >= 11 is 0. The monoisotopic (exact) mass is 198 g/mol. The molecular formula is C12H12N3. The van der Waals surface area contributed by atoms with Crippen LogP contribution in [0.4, 0.5) is 5.69 Å². The summed E-state index contributed by atoms with van der Waals surface area (Å²) in [5.41, 5.74) is 1.90. The zero-order chi connectivity index (χ0) is 10.5. The molecule has 0 saturated carbocycles. The van der Waals surface area contributed by atoms with Crippen LogP contribution in [0.15, 0.2) is 42.7 Å². The standard InChI is InChI=1S/C12H12N3/c1-10-7-14-12(15-8-10)9-13-11-5-3-2-4-6-11/h2-8,13H,1,9H2. The van der Waals surface area contributed by atoms with Gasteiger partial charge in [-0.05, 0) is 24.6 Å². The van der Waals surface area contributed by atoms with Crippen LogP contribution in [0.2, 0.25) is 0 Å². The highest BCUT2D eigenvalue weighted by Gasteiger charge is 1.95. The van der Waals surface area contributed by atoms with Crippen molar-refractivity contribution < 1.29 is 0 Å². The first-order valence-electron chi connectivity index (χ1n) is 4.76. The number of aromatic nitrogens is 2. The number of hydrogen-bond acceptors (Lipinski definition) is 3. The second-order valence-electron chi connectivity index (χ2n) is 3.23. The third-order valence-electron chi connectivity index (χ3n) is 1.98. The third kappa shape index (κ3) is 2.77. The van der Waals surface area contributed by atoms with Gasteiger partial charge in [-0.3, -0.25) is 0 Å². The fourth-order valence-corrected chi connectivity index (χ4v) is 1.21. The minimum absolute atomic E-state index is 0.629. The summed E-state index contributed by atoms with van der Waals surface area (Å²) in [6.45, 7) is 4.36. The van der Waals surface area contributed by atoms with E-state index < -0.39 is 0 Å². The molecule has 0 aliphatic rings. The molecular weight excluding hydrogens is 186 g/mol. The molecule has 0 unspecified atom stereocenters. The lowest BCUT2D eigenvalue weighted by Gasteiger charge is -2.04. The van der Waals surface area contributed by atoms with E-state index in [1.165, 1.54) is 0 Å². The molecule has 3 heteroatoms. The van der Waals surface area contributed by atoms with Crippen molar-refractivity contribution in [3.63, 3.8) is 0 Å². The van der Waals surface area contributed by atoms with E-state index >= 15 is 0 Å². The predicted octanol–water partition coefficient (Wildman–Crippen LogP) is 2.27. The highest BCUT2D eigenvalue weighted by molar-refractivity contribution is 5.42. The van der Waals surface area contributed by atoms with Gasteiger partial charge in [0.05, 0.1) is 6.54 Å². The highest BCUT2D eigenvalue weighted by atomic mass is 15.0. The molecule has 15 heavy (non-hydrogen) atoms. The smallest absolute Gasteiger partial charge is 0.147 e. The summed E-state index contributed by atoms with van der Waals surface area (Å²) < 4.78 is 0. The molecule has 0 atom stereocenters. The average Bonchev–Trinajstić information content (AvgIpc) is 2.30. The van der Waals surface area contributed by atoms with Crippen LogP contribution in [-0.4, -0.2) is 9.97 Å². The van der Waals surface area contributed by atoms with Gasteiger partial charge in [-0.1, -0.05) is 18.2 Å². The second-order valence-corrected chi connectivity index (χ2v) is 3.23. The van der Waals surface area contributed by atoms with Gasteiger partial charge in [0.15, 0.2) is 0 Å². The van der Waals surface area contributed by atoms with Crippen LogP contribution >= 0.6 is 0 Å². The van der Waals surface area contributed by atoms with Gasteiger partial charge in [0.1, 0.15) is 5.82 Å². The number of hydrogen-bond donors (Lipinski definition) is 1. The van der Waals surface area contributed by atoms with Crippen LogP contribution in [0.3, 0.4) is 0 Å². The Hall–Kier alpha value is -1.90. The highest BCUT2D eigenvalue weighted by Crippen LogP contribution is 2.06. The first-order valence-corrected chi connectivity index (χ1v) is 4.76. The Morgan fingerprint density at radius 3 is 2.40 bits per heavy atom. The van der Waals surface area contributed by atoms with E-state index in [4.69, 9.17) is 0 Å². The van der Waals surface area contributed by atoms with Gasteiger partial charge in [0, 0.05) is 18.1 Å². The minimum atomic E-state index is 0.629. The fraction of sp³-hybridized carbons (Fsp3) is 0.0833. The van der Waals surface area contributed by atoms with E-state index in [2.05, 4.69) is 22.2 Å². The number of anilines is 1. The molecule has 75 valence electrons. The quantitative estimate of drug-likeness (QED) is 0.822. The van der Waals surface area contributed by atoms with Gasteiger partial charge in [-0.25, -0.2) is 9.97 Å². The third-order valence-corrected chi connectivity index (χ3v) is 1.98. The Labute approximate surface area is 89.2 Å². The van der Waals surface area contributed by atoms with Gasteiger partial charge in [0.25, 0.3) is 0 Å². The van der Waals surface area contributed by atoms with Crippen molar-refractivity contribution >= 4 is 5.69 Å². The van der Waals surface area contributed by atoms with E-state index in [0.717, 1.165) is 17.1 Å². The Kier molecular flexibility index (Phi) is 2.93. The molecule has 1 N–H and O–H groups in total. The van der Waals surface area contributed by atoms with Crippen molar-refractivity contribution in [3.8, 4) is 0 Å². The van der Waals surface area contributed by atoms with Gasteiger partial charge >= 0.3 is 0 Å². The van der Waals surface area contributed by atoms with E-state index in [1.807, 2.05) is 30.3 Å². The molecule has 0 aliphatic heterocycles. The second kappa shape index (κ2) is 4.55. The normalized spacial score (nSPS) is 9.93. The molecule has 2 aromatic rings. The maximum atomic E-state index is 4.16. The largest absolute Gasteiger partial charge is 0.378 e. The number of nitrogens with one attached hydrogen (secondary N) is 1. The van der Waals surface area contributed by atoms with Crippen LogP contribution in [0, 0.1) is 6.92 Å². The Morgan fingerprint density at radius 1 is 1.07 bits per heavy atom. The number of rotatable bonds is 3. The molecule has 0 saturated heterocycles. The van der Waals surface area contributed by atoms with Crippen molar-refractivity contribution in [1.29, 1.82) is 0 Å². The maximum Gasteiger partial charge on any atom is 0.147 e. The summed E-state index contributed by atoms with van der Waals surface area (Å²) in [6.07, 6.45) is 3.43. The fourth-order valence-electron chi connectivity index (χ4n) is 1.21. The molecule has 0 spiro atoms. The first-order chi connectivity index (χ1) is 7.34. The molecule has 0 bridgehead atoms. The summed E-state index contributed by atoms with van der Waals surface area (Å²) in [4.78, 5) is 8.31. The molecule has 0 fully saturated rings. The van der Waals surface area contributed by atoms with Crippen LogP contribution in [0.1, 0.15) is 11.4 Å². The summed E-state index contributed by atoms with van der Waals surface area (Å²) in [6, 6.07) is 9.98. The zero-order valence-corrected chi connectivity index (χ0v) is 8.35. The molecule has 0 aliphatic carbocycles. The van der Waals surface area contributed by atoms with Crippen LogP contribution < -0.4 is 5.32 Å². The summed E-state index contributed by atoms with van der Waals surface area (Å²) in [5, 5.41) is 3.23. The summed E-state index contributed by atoms with van der Waals surface area (Å²) in [5.74, 6) is 0.770. The van der Waals surface area contributed by atoms with E-state index in [0.29, 0.717) is 6.54 Å². The Balaban J connectivity index is 1.96. The Morgan fingerprint density at radius 2 is 1.73 bits per heavy atom. The van der Waals surface area contributed by atoms with Crippen molar-refractivity contribution in [2.45, 2.75) is 6.54 Å². The first kappa shape index (κ1) is 9.65. The molecule has 1 aromatic heterocycles. The molecule has 1 radical (unpaired) electrons. The zero-order valence-electron chi connectivity index (χ0n) is 8.35. The number of benzene rings is 1. The van der Waals surface area contributed by atoms with Crippen LogP contribution in [-0.2, 0) is 6.54 Å². The topological polar surface area (TPSA) is 37.8 Å². The molecule has 3 nitrogen and oxygen atoms in total. The van der Waals surface area contributed by atoms with Crippen molar-refractivity contribution in [2.24, 2.45) is 0 Å². The lowest BCUT2D eigenvalue weighted by molar-refractivity contribution is 0.943. The predicted molar refractivity (Wildman–Crippen MR) is 60.3 cm³/mol. The van der Waals surface area contributed by atoms with Gasteiger partial charge in [-0.2, -0.15) is 0 Å². The lowest BCUT2D eigenvalue weighted by atomic mass is 10.3. The minimum Gasteiger partial charge on any atom is -0.378 e. The lowest BCUT2D eigenvalue weighted by Crippen LogP contribution is -2.03. The molecule has 2 rings (SSSR count). The number of para-hydroxylation sites is 1. The maximum absolute atomic E-state index is 4.16. The number of nitrogens with zero attached hydrogens (tertiary/aromatic N) is 2. The SMILES string of the molecule is [CH2]c1cnc(CNc2ccccc2)nc1. The van der Waals surface area contributed by atoms with Crippen molar-refractivity contribution in [2.75, 3.05) is 5.32 Å². The van der Waals surface area contributed by atoms with Crippen molar-refractivity contribution in [1.82, 2.24) is 9.97 Å². The van der Waals surface area contributed by atoms with E-state index in [9.17, 15) is 0 Å². The molecule has 0 amide bonds. The van der Waals surface area contributed by atoms with Crippen LogP contribution in [0.25, 0.3) is 0 Å². The van der Waals surface area contributed by atoms with Crippen LogP contribution in [0.5, 0.6) is 0 Å². The van der Waals surface area contributed by atoms with Gasteiger partial charge < -0.3 is 5.32 Å². The molecule has 1 aromatic carbocycles. The van der Waals surface area contributed by atoms with Gasteiger partial charge in [-0.15, -0.1) is 0 Å². The Bertz CT molecular complexity index is 409. The van der Waals surface area contributed by atoms with Gasteiger partial charge in [0.2, 0.25) is 0 Å². The summed E-state index contributed by atoms with van der Waals surface area (Å²) in [7, 11) is 0. The average molecular weight is 198 g/mol. The van der Waals surface area contributed by atoms with E-state index in [-0.39, 0.29) is 0 Å². The van der Waals surface area contributed by atoms with E-state index in [1.54, 1.807) is 12.4 Å². The molecule has 1 heterocycles.